The van der Waals surface area contributed by atoms with Gasteiger partial charge in [0.1, 0.15) is 0 Å². The molecule has 2 aromatic heterocycles. The Morgan fingerprint density at radius 1 is 0.926 bits per heavy atom. The highest BCUT2D eigenvalue weighted by atomic mass is 16.3. The van der Waals surface area contributed by atoms with Crippen molar-refractivity contribution in [1.29, 1.82) is 0 Å². The van der Waals surface area contributed by atoms with Crippen molar-refractivity contribution in [2.45, 2.75) is 65.8 Å². The Bertz CT molecular complexity index is 1090. The minimum absolute atomic E-state index is 0.00343. The van der Waals surface area contributed by atoms with Crippen LogP contribution in [-0.4, -0.2) is 14.7 Å². The van der Waals surface area contributed by atoms with Gasteiger partial charge in [0.05, 0.1) is 11.0 Å². The first-order chi connectivity index (χ1) is 13.0. The number of unbranched alkanes of at least 4 members (excludes halogenated alkanes) is 1. The average Bonchev–Trinajstić information content (AvgIpc) is 2.63. The SMILES string of the molecule is CCCCn1c(=O)cc(CCC)c2cc3c(CCC)cc(=O)[nH]c3c(O)c21. The Hall–Kier alpha value is -2.56. The number of aromatic nitrogens is 2. The number of benzene rings is 1. The summed E-state index contributed by atoms with van der Waals surface area (Å²) in [6.07, 6.45) is 5.18. The summed E-state index contributed by atoms with van der Waals surface area (Å²) in [6.45, 7) is 6.77. The Balaban J connectivity index is 2.48. The summed E-state index contributed by atoms with van der Waals surface area (Å²) in [7, 11) is 0. The molecule has 0 spiro atoms. The number of nitrogens with one attached hydrogen (secondary N) is 1. The number of phenols is 1. The lowest BCUT2D eigenvalue weighted by atomic mass is 9.98. The largest absolute Gasteiger partial charge is 0.504 e. The zero-order chi connectivity index (χ0) is 19.6. The van der Waals surface area contributed by atoms with Crippen LogP contribution in [0.4, 0.5) is 0 Å². The van der Waals surface area contributed by atoms with E-state index in [9.17, 15) is 14.7 Å². The fourth-order valence-corrected chi connectivity index (χ4v) is 3.86. The van der Waals surface area contributed by atoms with Gasteiger partial charge in [-0.05, 0) is 36.5 Å². The van der Waals surface area contributed by atoms with Crippen LogP contribution in [0.15, 0.2) is 27.8 Å². The molecule has 144 valence electrons. The maximum absolute atomic E-state index is 12.7. The molecule has 0 radical (unpaired) electrons. The van der Waals surface area contributed by atoms with Crippen LogP contribution in [-0.2, 0) is 19.4 Å². The summed E-state index contributed by atoms with van der Waals surface area (Å²) < 4.78 is 1.65. The highest BCUT2D eigenvalue weighted by Gasteiger charge is 2.17. The molecule has 27 heavy (non-hydrogen) atoms. The van der Waals surface area contributed by atoms with E-state index in [1.54, 1.807) is 16.7 Å². The van der Waals surface area contributed by atoms with E-state index in [0.717, 1.165) is 60.4 Å². The Morgan fingerprint density at radius 3 is 2.22 bits per heavy atom. The molecule has 0 bridgehead atoms. The van der Waals surface area contributed by atoms with Gasteiger partial charge in [0.25, 0.3) is 5.56 Å². The quantitative estimate of drug-likeness (QED) is 0.612. The Labute approximate surface area is 158 Å². The minimum Gasteiger partial charge on any atom is -0.504 e. The second kappa shape index (κ2) is 7.99. The zero-order valence-electron chi connectivity index (χ0n) is 16.4. The molecular weight excluding hydrogens is 340 g/mol. The molecule has 0 saturated carbocycles. The third-order valence-electron chi connectivity index (χ3n) is 5.13. The number of nitrogens with zero attached hydrogens (tertiary/aromatic N) is 1. The van der Waals surface area contributed by atoms with Crippen molar-refractivity contribution in [2.24, 2.45) is 0 Å². The van der Waals surface area contributed by atoms with Gasteiger partial charge < -0.3 is 14.7 Å². The predicted molar refractivity (Wildman–Crippen MR) is 111 cm³/mol. The summed E-state index contributed by atoms with van der Waals surface area (Å²) in [5.74, 6) is 0.00343. The second-order valence-electron chi connectivity index (χ2n) is 7.22. The fourth-order valence-electron chi connectivity index (χ4n) is 3.86. The summed E-state index contributed by atoms with van der Waals surface area (Å²) in [4.78, 5) is 27.6. The van der Waals surface area contributed by atoms with Crippen LogP contribution in [0.2, 0.25) is 0 Å². The number of hydrogen-bond donors (Lipinski definition) is 2. The van der Waals surface area contributed by atoms with E-state index >= 15 is 0 Å². The van der Waals surface area contributed by atoms with Gasteiger partial charge in [-0.15, -0.1) is 0 Å². The van der Waals surface area contributed by atoms with E-state index in [0.29, 0.717) is 17.6 Å². The van der Waals surface area contributed by atoms with Crippen molar-refractivity contribution in [3.05, 3.63) is 50.0 Å². The van der Waals surface area contributed by atoms with E-state index < -0.39 is 0 Å². The smallest absolute Gasteiger partial charge is 0.251 e. The fraction of sp³-hybridized carbons (Fsp3) is 0.455. The van der Waals surface area contributed by atoms with Crippen molar-refractivity contribution in [3.63, 3.8) is 0 Å². The van der Waals surface area contributed by atoms with Crippen molar-refractivity contribution in [3.8, 4) is 5.75 Å². The summed E-state index contributed by atoms with van der Waals surface area (Å²) in [5, 5.41) is 12.9. The maximum atomic E-state index is 12.7. The predicted octanol–water partition coefficient (Wildman–Crippen LogP) is 4.25. The van der Waals surface area contributed by atoms with Crippen LogP contribution in [0.25, 0.3) is 21.8 Å². The van der Waals surface area contributed by atoms with E-state index in [4.69, 9.17) is 0 Å². The van der Waals surface area contributed by atoms with E-state index in [2.05, 4.69) is 25.8 Å². The average molecular weight is 368 g/mol. The van der Waals surface area contributed by atoms with Gasteiger partial charge in [0.2, 0.25) is 5.56 Å². The number of fused-ring (bicyclic) bond motifs is 2. The molecule has 0 saturated heterocycles. The van der Waals surface area contributed by atoms with Gasteiger partial charge in [0, 0.05) is 29.4 Å². The summed E-state index contributed by atoms with van der Waals surface area (Å²) in [5.41, 5.74) is 2.53. The molecule has 0 amide bonds. The first-order valence-corrected chi connectivity index (χ1v) is 9.96. The van der Waals surface area contributed by atoms with Gasteiger partial charge in [0.15, 0.2) is 5.75 Å². The molecule has 0 fully saturated rings. The van der Waals surface area contributed by atoms with E-state index in [-0.39, 0.29) is 16.9 Å². The molecule has 0 atom stereocenters. The molecule has 3 aromatic rings. The molecular formula is C22H28N2O3. The van der Waals surface area contributed by atoms with Crippen molar-refractivity contribution < 1.29 is 5.11 Å². The Morgan fingerprint density at radius 2 is 1.59 bits per heavy atom. The molecule has 2 heterocycles. The molecule has 3 rings (SSSR count). The van der Waals surface area contributed by atoms with Crippen LogP contribution in [0.5, 0.6) is 5.75 Å². The van der Waals surface area contributed by atoms with Crippen molar-refractivity contribution >= 4 is 21.8 Å². The lowest BCUT2D eigenvalue weighted by Crippen LogP contribution is -2.21. The molecule has 0 aliphatic heterocycles. The molecule has 0 unspecified atom stereocenters. The van der Waals surface area contributed by atoms with Crippen molar-refractivity contribution in [2.75, 3.05) is 0 Å². The van der Waals surface area contributed by atoms with Crippen LogP contribution >= 0.6 is 0 Å². The number of aromatic amines is 1. The highest BCUT2D eigenvalue weighted by Crippen LogP contribution is 2.35. The van der Waals surface area contributed by atoms with E-state index in [1.807, 2.05) is 6.07 Å². The second-order valence-corrected chi connectivity index (χ2v) is 7.22. The van der Waals surface area contributed by atoms with Gasteiger partial charge in [-0.3, -0.25) is 9.59 Å². The van der Waals surface area contributed by atoms with Gasteiger partial charge >= 0.3 is 0 Å². The molecule has 2 N–H and O–H groups in total. The third kappa shape index (κ3) is 3.51. The first kappa shape index (κ1) is 19.2. The zero-order valence-corrected chi connectivity index (χ0v) is 16.4. The topological polar surface area (TPSA) is 75.1 Å². The molecule has 0 aliphatic carbocycles. The third-order valence-corrected chi connectivity index (χ3v) is 5.13. The molecule has 5 nitrogen and oxygen atoms in total. The van der Waals surface area contributed by atoms with Gasteiger partial charge in [-0.25, -0.2) is 0 Å². The molecule has 0 aliphatic rings. The molecule has 5 heteroatoms. The van der Waals surface area contributed by atoms with Crippen LogP contribution in [0.3, 0.4) is 0 Å². The normalized spacial score (nSPS) is 11.5. The number of H-pyrrole nitrogens is 1. The monoisotopic (exact) mass is 368 g/mol. The number of aromatic hydroxyl groups is 1. The number of pyridine rings is 2. The summed E-state index contributed by atoms with van der Waals surface area (Å²) >= 11 is 0. The van der Waals surface area contributed by atoms with Crippen LogP contribution < -0.4 is 11.1 Å². The molecule has 1 aromatic carbocycles. The first-order valence-electron chi connectivity index (χ1n) is 9.96. The van der Waals surface area contributed by atoms with Gasteiger partial charge in [-0.1, -0.05) is 40.0 Å². The van der Waals surface area contributed by atoms with E-state index in [1.165, 1.54) is 0 Å². The summed E-state index contributed by atoms with van der Waals surface area (Å²) in [6, 6.07) is 5.36. The number of phenolic OH excluding ortho intramolecular Hbond substituents is 1. The maximum Gasteiger partial charge on any atom is 0.251 e. The van der Waals surface area contributed by atoms with Gasteiger partial charge in [-0.2, -0.15) is 0 Å². The number of hydrogen-bond acceptors (Lipinski definition) is 3. The number of aryl methyl sites for hydroxylation is 3. The van der Waals surface area contributed by atoms with Crippen LogP contribution in [0, 0.1) is 0 Å². The highest BCUT2D eigenvalue weighted by molar-refractivity contribution is 6.04. The van der Waals surface area contributed by atoms with Crippen molar-refractivity contribution in [1.82, 2.24) is 9.55 Å². The lowest BCUT2D eigenvalue weighted by molar-refractivity contribution is 0.480. The Kier molecular flexibility index (Phi) is 5.68. The lowest BCUT2D eigenvalue weighted by Gasteiger charge is -2.17. The minimum atomic E-state index is -0.229. The van der Waals surface area contributed by atoms with Crippen LogP contribution in [0.1, 0.15) is 57.6 Å². The number of rotatable bonds is 7. The standard InChI is InChI=1S/C22H28N2O3/c1-4-7-10-24-19(26)12-15(9-6-3)17-13-16-14(8-5-2)11-18(25)23-20(16)22(27)21(17)24/h11-13,27H,4-10H2,1-3H3,(H,23,25).